The summed E-state index contributed by atoms with van der Waals surface area (Å²) in [6.07, 6.45) is 0. The molecule has 1 aromatic rings. The van der Waals surface area contributed by atoms with E-state index >= 15 is 0 Å². The number of benzene rings is 1. The number of nitrogens with two attached hydrogens (primary N) is 1. The van der Waals surface area contributed by atoms with Gasteiger partial charge in [-0.2, -0.15) is 0 Å². The number of likely N-dealkylation sites (tertiary alicyclic amines) is 1. The second-order valence-corrected chi connectivity index (χ2v) is 5.14. The molecule has 0 bridgehead atoms. The van der Waals surface area contributed by atoms with Gasteiger partial charge in [0, 0.05) is 13.1 Å². The normalized spacial score (nSPS) is 21.4. The van der Waals surface area contributed by atoms with Gasteiger partial charge in [-0.15, -0.1) is 0 Å². The van der Waals surface area contributed by atoms with Crippen molar-refractivity contribution in [2.75, 3.05) is 25.9 Å². The third-order valence-electron chi connectivity index (χ3n) is 3.74. The Morgan fingerprint density at radius 1 is 1.33 bits per heavy atom. The minimum atomic E-state index is -1.07. The monoisotopic (exact) mass is 298 g/mol. The number of hydrogen-bond donors (Lipinski definition) is 1. The van der Waals surface area contributed by atoms with E-state index in [-0.39, 0.29) is 24.7 Å². The van der Waals surface area contributed by atoms with E-state index < -0.39 is 35.0 Å². The van der Waals surface area contributed by atoms with E-state index in [4.69, 9.17) is 5.73 Å². The lowest BCUT2D eigenvalue weighted by Crippen LogP contribution is -2.31. The highest BCUT2D eigenvalue weighted by Gasteiger charge is 2.39. The molecule has 114 valence electrons. The molecule has 21 heavy (non-hydrogen) atoms. The lowest BCUT2D eigenvalue weighted by Gasteiger charge is -2.17. The molecule has 1 saturated heterocycles. The molecule has 0 aromatic heterocycles. The Bertz CT molecular complexity index is 592. The third kappa shape index (κ3) is 2.68. The van der Waals surface area contributed by atoms with E-state index in [1.807, 2.05) is 0 Å². The van der Waals surface area contributed by atoms with Gasteiger partial charge in [0.1, 0.15) is 11.4 Å². The molecule has 5 nitrogen and oxygen atoms in total. The smallest absolute Gasteiger partial charge is 0.310 e. The zero-order chi connectivity index (χ0) is 15.7. The molecule has 2 atom stereocenters. The standard InChI is InChI=1S/C14H16F2N2O3/c1-7-5-18(6-8(7)14(20)21-2)13(19)11-9(15)3-4-10(17)12(11)16/h3-4,7-8H,5-6,17H2,1-2H3. The first-order valence-corrected chi connectivity index (χ1v) is 6.47. The summed E-state index contributed by atoms with van der Waals surface area (Å²) in [5.74, 6) is -3.93. The number of esters is 1. The molecule has 0 radical (unpaired) electrons. The molecule has 2 N–H and O–H groups in total. The van der Waals surface area contributed by atoms with Crippen LogP contribution in [0.25, 0.3) is 0 Å². The zero-order valence-electron chi connectivity index (χ0n) is 11.7. The van der Waals surface area contributed by atoms with Crippen molar-refractivity contribution in [3.05, 3.63) is 29.3 Å². The average molecular weight is 298 g/mol. The minimum Gasteiger partial charge on any atom is -0.469 e. The molecule has 0 aliphatic carbocycles. The van der Waals surface area contributed by atoms with Gasteiger partial charge in [0.05, 0.1) is 18.7 Å². The number of methoxy groups -OCH3 is 1. The van der Waals surface area contributed by atoms with Crippen LogP contribution < -0.4 is 5.73 Å². The van der Waals surface area contributed by atoms with Crippen LogP contribution in [0.4, 0.5) is 14.5 Å². The van der Waals surface area contributed by atoms with Gasteiger partial charge in [0.15, 0.2) is 5.82 Å². The van der Waals surface area contributed by atoms with Gasteiger partial charge in [-0.3, -0.25) is 9.59 Å². The summed E-state index contributed by atoms with van der Waals surface area (Å²) < 4.78 is 32.3. The highest BCUT2D eigenvalue weighted by atomic mass is 19.1. The molecular formula is C14H16F2N2O3. The lowest BCUT2D eigenvalue weighted by molar-refractivity contribution is -0.146. The summed E-state index contributed by atoms with van der Waals surface area (Å²) in [4.78, 5) is 25.1. The van der Waals surface area contributed by atoms with Crippen LogP contribution in [-0.2, 0) is 9.53 Å². The van der Waals surface area contributed by atoms with E-state index in [9.17, 15) is 18.4 Å². The fourth-order valence-electron chi connectivity index (χ4n) is 2.51. The van der Waals surface area contributed by atoms with Gasteiger partial charge in [0.25, 0.3) is 5.91 Å². The van der Waals surface area contributed by atoms with Crippen molar-refractivity contribution in [1.29, 1.82) is 0 Å². The zero-order valence-corrected chi connectivity index (χ0v) is 11.7. The number of nitrogen functional groups attached to an aromatic ring is 1. The topological polar surface area (TPSA) is 72.6 Å². The first-order chi connectivity index (χ1) is 9.86. The number of rotatable bonds is 2. The predicted molar refractivity (Wildman–Crippen MR) is 71.3 cm³/mol. The molecule has 0 saturated carbocycles. The number of carbonyl (C=O) groups excluding carboxylic acids is 2. The fourth-order valence-corrected chi connectivity index (χ4v) is 2.51. The number of amides is 1. The van der Waals surface area contributed by atoms with Crippen LogP contribution >= 0.6 is 0 Å². The summed E-state index contributed by atoms with van der Waals surface area (Å²) >= 11 is 0. The maximum Gasteiger partial charge on any atom is 0.310 e. The molecule has 1 fully saturated rings. The molecule has 0 spiro atoms. The number of hydrogen-bond acceptors (Lipinski definition) is 4. The van der Waals surface area contributed by atoms with Crippen LogP contribution in [0, 0.1) is 23.5 Å². The highest BCUT2D eigenvalue weighted by Crippen LogP contribution is 2.28. The molecule has 1 amide bonds. The second-order valence-electron chi connectivity index (χ2n) is 5.14. The summed E-state index contributed by atoms with van der Waals surface area (Å²) in [5.41, 5.74) is 4.38. The number of carbonyl (C=O) groups is 2. The minimum absolute atomic E-state index is 0.0698. The quantitative estimate of drug-likeness (QED) is 0.662. The van der Waals surface area contributed by atoms with E-state index in [0.29, 0.717) is 0 Å². The van der Waals surface area contributed by atoms with Crippen LogP contribution in [0.3, 0.4) is 0 Å². The van der Waals surface area contributed by atoms with Gasteiger partial charge in [-0.1, -0.05) is 6.92 Å². The fraction of sp³-hybridized carbons (Fsp3) is 0.429. The Hall–Kier alpha value is -2.18. The summed E-state index contributed by atoms with van der Waals surface area (Å²) in [7, 11) is 1.26. The molecule has 1 aliphatic heterocycles. The van der Waals surface area contributed by atoms with Gasteiger partial charge in [-0.25, -0.2) is 8.78 Å². The Morgan fingerprint density at radius 2 is 2.00 bits per heavy atom. The molecule has 1 aromatic carbocycles. The van der Waals surface area contributed by atoms with Gasteiger partial charge < -0.3 is 15.4 Å². The van der Waals surface area contributed by atoms with Gasteiger partial charge in [0.2, 0.25) is 0 Å². The molecule has 1 aliphatic rings. The van der Waals surface area contributed by atoms with Crippen molar-refractivity contribution in [3.63, 3.8) is 0 Å². The summed E-state index contributed by atoms with van der Waals surface area (Å²) in [5, 5.41) is 0. The molecule has 2 unspecified atom stereocenters. The van der Waals surface area contributed by atoms with Gasteiger partial charge in [-0.05, 0) is 18.1 Å². The molecule has 1 heterocycles. The Balaban J connectivity index is 2.27. The number of ether oxygens (including phenoxy) is 1. The Labute approximate surface area is 120 Å². The number of halogens is 2. The predicted octanol–water partition coefficient (Wildman–Crippen LogP) is 1.43. The second kappa shape index (κ2) is 5.67. The van der Waals surface area contributed by atoms with Crippen molar-refractivity contribution in [1.82, 2.24) is 4.90 Å². The van der Waals surface area contributed by atoms with E-state index in [1.165, 1.54) is 12.0 Å². The first-order valence-electron chi connectivity index (χ1n) is 6.47. The molecular weight excluding hydrogens is 282 g/mol. The van der Waals surface area contributed by atoms with E-state index in [2.05, 4.69) is 4.74 Å². The van der Waals surface area contributed by atoms with Crippen molar-refractivity contribution in [2.24, 2.45) is 11.8 Å². The van der Waals surface area contributed by atoms with Crippen molar-refractivity contribution in [2.45, 2.75) is 6.92 Å². The van der Waals surface area contributed by atoms with Crippen molar-refractivity contribution >= 4 is 17.6 Å². The highest BCUT2D eigenvalue weighted by molar-refractivity contribution is 5.96. The molecule has 7 heteroatoms. The van der Waals surface area contributed by atoms with Gasteiger partial charge >= 0.3 is 5.97 Å². The van der Waals surface area contributed by atoms with Crippen LogP contribution in [0.15, 0.2) is 12.1 Å². The first kappa shape index (κ1) is 15.2. The van der Waals surface area contributed by atoms with Crippen LogP contribution in [0.5, 0.6) is 0 Å². The van der Waals surface area contributed by atoms with Crippen molar-refractivity contribution in [3.8, 4) is 0 Å². The third-order valence-corrected chi connectivity index (χ3v) is 3.74. The maximum absolute atomic E-state index is 13.9. The summed E-state index contributed by atoms with van der Waals surface area (Å²) in [6, 6.07) is 2.01. The largest absolute Gasteiger partial charge is 0.469 e. The van der Waals surface area contributed by atoms with E-state index in [0.717, 1.165) is 12.1 Å². The van der Waals surface area contributed by atoms with E-state index in [1.54, 1.807) is 6.92 Å². The number of anilines is 1. The SMILES string of the molecule is COC(=O)C1CN(C(=O)c2c(F)ccc(N)c2F)CC1C. The average Bonchev–Trinajstić information content (AvgIpc) is 2.84. The van der Waals surface area contributed by atoms with Crippen molar-refractivity contribution < 1.29 is 23.1 Å². The number of nitrogens with zero attached hydrogens (tertiary/aromatic N) is 1. The van der Waals surface area contributed by atoms with Crippen LogP contribution in [-0.4, -0.2) is 37.0 Å². The Kier molecular flexibility index (Phi) is 4.11. The Morgan fingerprint density at radius 3 is 2.62 bits per heavy atom. The van der Waals surface area contributed by atoms with Crippen LogP contribution in [0.2, 0.25) is 0 Å². The lowest BCUT2D eigenvalue weighted by atomic mass is 9.99. The molecule has 2 rings (SSSR count). The van der Waals surface area contributed by atoms with Crippen LogP contribution in [0.1, 0.15) is 17.3 Å². The maximum atomic E-state index is 13.9. The summed E-state index contributed by atoms with van der Waals surface area (Å²) in [6.45, 7) is 2.08.